The van der Waals surface area contributed by atoms with Crippen molar-refractivity contribution in [2.24, 2.45) is 0 Å². The molecule has 10 heteroatoms. The molecule has 0 atom stereocenters. The molecule has 0 aliphatic carbocycles. The van der Waals surface area contributed by atoms with Crippen molar-refractivity contribution >= 4 is 51.0 Å². The topological polar surface area (TPSA) is 81.2 Å². The lowest BCUT2D eigenvalue weighted by Crippen LogP contribution is -2.38. The molecular formula is C23H26ClN3O5S. The second-order valence-electron chi connectivity index (χ2n) is 7.22. The Balaban J connectivity index is 0.00000306. The van der Waals surface area contributed by atoms with E-state index >= 15 is 0 Å². The van der Waals surface area contributed by atoms with Crippen LogP contribution in [0.5, 0.6) is 11.5 Å². The van der Waals surface area contributed by atoms with Gasteiger partial charge >= 0.3 is 5.97 Å². The molecular weight excluding hydrogens is 466 g/mol. The van der Waals surface area contributed by atoms with E-state index in [1.165, 1.54) is 18.4 Å². The first-order valence-electron chi connectivity index (χ1n) is 10.5. The Morgan fingerprint density at radius 3 is 2.30 bits per heavy atom. The third-order valence-electron chi connectivity index (χ3n) is 5.43. The number of anilines is 1. The Bertz CT molecular complexity index is 1090. The van der Waals surface area contributed by atoms with E-state index in [-0.39, 0.29) is 25.1 Å². The molecule has 33 heavy (non-hydrogen) atoms. The maximum Gasteiger partial charge on any atom is 0.337 e. The van der Waals surface area contributed by atoms with Crippen LogP contribution in [0.2, 0.25) is 0 Å². The van der Waals surface area contributed by atoms with Crippen molar-refractivity contribution in [3.8, 4) is 11.5 Å². The summed E-state index contributed by atoms with van der Waals surface area (Å²) in [6, 6.07) is 10.2. The van der Waals surface area contributed by atoms with Gasteiger partial charge in [-0.25, -0.2) is 9.78 Å². The highest BCUT2D eigenvalue weighted by molar-refractivity contribution is 7.22. The summed E-state index contributed by atoms with van der Waals surface area (Å²) in [4.78, 5) is 33.9. The number of amides is 1. The highest BCUT2D eigenvalue weighted by atomic mass is 35.5. The van der Waals surface area contributed by atoms with Crippen molar-refractivity contribution in [1.29, 1.82) is 0 Å². The summed E-state index contributed by atoms with van der Waals surface area (Å²) >= 11 is 1.44. The quantitative estimate of drug-likeness (QED) is 0.436. The molecule has 0 spiro atoms. The SMILES string of the molecule is CCN(CC)CCN(C(=O)c1ccc(C(=O)OC)cc1)c1nc2cc3c(cc2s1)OCO3.Cl. The number of aromatic nitrogens is 1. The first kappa shape index (κ1) is 24.8. The Kier molecular flexibility index (Phi) is 8.12. The van der Waals surface area contributed by atoms with Gasteiger partial charge in [0.1, 0.15) is 0 Å². The van der Waals surface area contributed by atoms with Gasteiger partial charge in [-0.1, -0.05) is 25.2 Å². The monoisotopic (exact) mass is 491 g/mol. The van der Waals surface area contributed by atoms with Gasteiger partial charge in [-0.15, -0.1) is 12.4 Å². The third kappa shape index (κ3) is 5.21. The van der Waals surface area contributed by atoms with Gasteiger partial charge < -0.3 is 19.1 Å². The predicted molar refractivity (Wildman–Crippen MR) is 130 cm³/mol. The molecule has 1 amide bonds. The van der Waals surface area contributed by atoms with E-state index in [0.717, 1.165) is 29.9 Å². The summed E-state index contributed by atoms with van der Waals surface area (Å²) in [7, 11) is 1.33. The Morgan fingerprint density at radius 1 is 1.03 bits per heavy atom. The number of ether oxygens (including phenoxy) is 3. The molecule has 0 N–H and O–H groups in total. The molecule has 0 bridgehead atoms. The summed E-state index contributed by atoms with van der Waals surface area (Å²) in [6.07, 6.45) is 0. The van der Waals surface area contributed by atoms with E-state index in [1.807, 2.05) is 12.1 Å². The van der Waals surface area contributed by atoms with Crippen LogP contribution in [0.1, 0.15) is 34.6 Å². The molecule has 176 valence electrons. The lowest BCUT2D eigenvalue weighted by atomic mass is 10.1. The number of benzene rings is 2. The molecule has 0 saturated carbocycles. The fourth-order valence-electron chi connectivity index (χ4n) is 3.51. The number of thiazole rings is 1. The summed E-state index contributed by atoms with van der Waals surface area (Å²) in [6.45, 7) is 7.40. The number of methoxy groups -OCH3 is 1. The molecule has 1 aliphatic rings. The highest BCUT2D eigenvalue weighted by Gasteiger charge is 2.24. The maximum absolute atomic E-state index is 13.5. The van der Waals surface area contributed by atoms with E-state index in [1.54, 1.807) is 29.2 Å². The molecule has 0 fully saturated rings. The van der Waals surface area contributed by atoms with Gasteiger partial charge in [-0.05, 0) is 37.4 Å². The van der Waals surface area contributed by atoms with Crippen LogP contribution in [0.4, 0.5) is 5.13 Å². The Morgan fingerprint density at radius 2 is 1.67 bits per heavy atom. The molecule has 8 nitrogen and oxygen atoms in total. The standard InChI is InChI=1S/C23H25N3O5S.ClH/c1-4-25(5-2)10-11-26(21(27)15-6-8-16(9-7-15)22(28)29-3)23-24-17-12-18-19(31-14-30-18)13-20(17)32-23;/h6-9,12-13H,4-5,10-11,14H2,1-3H3;1H. The number of likely N-dealkylation sites (N-methyl/N-ethyl adjacent to an activating group) is 1. The van der Waals surface area contributed by atoms with Gasteiger partial charge in [0.25, 0.3) is 5.91 Å². The van der Waals surface area contributed by atoms with Crippen molar-refractivity contribution in [2.45, 2.75) is 13.8 Å². The largest absolute Gasteiger partial charge is 0.465 e. The number of carbonyl (C=O) groups excluding carboxylic acids is 2. The van der Waals surface area contributed by atoms with Crippen molar-refractivity contribution in [3.05, 3.63) is 47.5 Å². The number of hydrogen-bond acceptors (Lipinski definition) is 8. The molecule has 1 aliphatic heterocycles. The molecule has 1 aromatic heterocycles. The number of hydrogen-bond donors (Lipinski definition) is 0. The van der Waals surface area contributed by atoms with Crippen LogP contribution >= 0.6 is 23.7 Å². The first-order chi connectivity index (χ1) is 15.5. The zero-order valence-electron chi connectivity index (χ0n) is 18.7. The van der Waals surface area contributed by atoms with Crippen LogP contribution in [0.25, 0.3) is 10.2 Å². The summed E-state index contributed by atoms with van der Waals surface area (Å²) in [5.74, 6) is 0.736. The average molecular weight is 492 g/mol. The zero-order chi connectivity index (χ0) is 22.7. The van der Waals surface area contributed by atoms with Gasteiger partial charge in [0.05, 0.1) is 22.9 Å². The molecule has 4 rings (SSSR count). The van der Waals surface area contributed by atoms with Gasteiger partial charge in [-0.3, -0.25) is 9.69 Å². The molecule has 0 saturated heterocycles. The van der Waals surface area contributed by atoms with E-state index in [0.29, 0.717) is 34.3 Å². The predicted octanol–water partition coefficient (Wildman–Crippen LogP) is 4.22. The number of esters is 1. The molecule has 2 aromatic carbocycles. The fraction of sp³-hybridized carbons (Fsp3) is 0.348. The number of nitrogens with zero attached hydrogens (tertiary/aromatic N) is 3. The smallest absolute Gasteiger partial charge is 0.337 e. The van der Waals surface area contributed by atoms with Crippen molar-refractivity contribution in [3.63, 3.8) is 0 Å². The average Bonchev–Trinajstić information content (AvgIpc) is 3.45. The normalized spacial score (nSPS) is 12.0. The van der Waals surface area contributed by atoms with Crippen LogP contribution in [0.15, 0.2) is 36.4 Å². The fourth-order valence-corrected chi connectivity index (χ4v) is 4.51. The number of halogens is 1. The molecule has 3 aromatic rings. The second kappa shape index (κ2) is 10.8. The van der Waals surface area contributed by atoms with Crippen molar-refractivity contribution in [2.75, 3.05) is 45.0 Å². The van der Waals surface area contributed by atoms with E-state index in [9.17, 15) is 9.59 Å². The molecule has 2 heterocycles. The van der Waals surface area contributed by atoms with Crippen LogP contribution in [0.3, 0.4) is 0 Å². The van der Waals surface area contributed by atoms with Gasteiger partial charge in [0.15, 0.2) is 16.6 Å². The van der Waals surface area contributed by atoms with Crippen LogP contribution in [-0.4, -0.2) is 61.8 Å². The molecule has 0 unspecified atom stereocenters. The van der Waals surface area contributed by atoms with Crippen molar-refractivity contribution < 1.29 is 23.8 Å². The summed E-state index contributed by atoms with van der Waals surface area (Å²) < 4.78 is 16.6. The minimum Gasteiger partial charge on any atom is -0.465 e. The Labute approximate surface area is 202 Å². The number of rotatable bonds is 8. The lowest BCUT2D eigenvalue weighted by molar-refractivity contribution is 0.0600. The van der Waals surface area contributed by atoms with E-state index < -0.39 is 5.97 Å². The highest BCUT2D eigenvalue weighted by Crippen LogP contribution is 2.40. The summed E-state index contributed by atoms with van der Waals surface area (Å²) in [5, 5.41) is 0.609. The van der Waals surface area contributed by atoms with Crippen molar-refractivity contribution in [1.82, 2.24) is 9.88 Å². The molecule has 0 radical (unpaired) electrons. The van der Waals surface area contributed by atoms with E-state index in [2.05, 4.69) is 18.7 Å². The Hall–Kier alpha value is -2.88. The lowest BCUT2D eigenvalue weighted by Gasteiger charge is -2.24. The maximum atomic E-state index is 13.5. The van der Waals surface area contributed by atoms with Crippen LogP contribution < -0.4 is 14.4 Å². The summed E-state index contributed by atoms with van der Waals surface area (Å²) in [5.41, 5.74) is 1.63. The number of carbonyl (C=O) groups is 2. The van der Waals surface area contributed by atoms with Crippen LogP contribution in [-0.2, 0) is 4.74 Å². The van der Waals surface area contributed by atoms with Gasteiger partial charge in [0.2, 0.25) is 6.79 Å². The first-order valence-corrected chi connectivity index (χ1v) is 11.3. The van der Waals surface area contributed by atoms with Crippen LogP contribution in [0, 0.1) is 0 Å². The number of fused-ring (bicyclic) bond motifs is 2. The van der Waals surface area contributed by atoms with Gasteiger partial charge in [0, 0.05) is 30.8 Å². The second-order valence-corrected chi connectivity index (χ2v) is 8.23. The minimum atomic E-state index is -0.439. The van der Waals surface area contributed by atoms with E-state index in [4.69, 9.17) is 19.2 Å². The third-order valence-corrected chi connectivity index (χ3v) is 6.48. The zero-order valence-corrected chi connectivity index (χ0v) is 20.3. The minimum absolute atomic E-state index is 0. The van der Waals surface area contributed by atoms with Gasteiger partial charge in [-0.2, -0.15) is 0 Å².